The summed E-state index contributed by atoms with van der Waals surface area (Å²) in [7, 11) is 0. The van der Waals surface area contributed by atoms with Gasteiger partial charge in [-0.15, -0.1) is 0 Å². The first-order valence-corrected chi connectivity index (χ1v) is 12.8. The van der Waals surface area contributed by atoms with Crippen LogP contribution in [0.15, 0.2) is 48.5 Å². The second kappa shape index (κ2) is 13.6. The van der Waals surface area contributed by atoms with Gasteiger partial charge in [-0.2, -0.15) is 8.78 Å². The molecule has 32 heavy (non-hydrogen) atoms. The Morgan fingerprint density at radius 3 is 1.91 bits per heavy atom. The van der Waals surface area contributed by atoms with Crippen LogP contribution < -0.4 is 4.74 Å². The van der Waals surface area contributed by atoms with Crippen LogP contribution in [0.5, 0.6) is 5.75 Å². The third-order valence-corrected chi connectivity index (χ3v) is 7.11. The zero-order valence-corrected chi connectivity index (χ0v) is 19.7. The molecule has 0 aromatic heterocycles. The predicted octanol–water partition coefficient (Wildman–Crippen LogP) is 9.10. The van der Waals surface area contributed by atoms with Crippen molar-refractivity contribution in [3.8, 4) is 5.75 Å². The van der Waals surface area contributed by atoms with Crippen molar-refractivity contribution in [3.63, 3.8) is 0 Å². The van der Waals surface area contributed by atoms with Crippen molar-refractivity contribution in [2.75, 3.05) is 0 Å². The predicted molar refractivity (Wildman–Crippen MR) is 130 cm³/mol. The molecule has 3 rings (SSSR count). The highest BCUT2D eigenvalue weighted by Gasteiger charge is 2.22. The molecule has 0 unspecified atom stereocenters. The SMILES string of the molecule is CCCCCCCCC1CCC(c2ccc(CCc3ccc(OC(F)F)cc3)cc2)CC1. The van der Waals surface area contributed by atoms with Crippen LogP contribution in [0.3, 0.4) is 0 Å². The third kappa shape index (κ3) is 8.56. The minimum atomic E-state index is -2.77. The van der Waals surface area contributed by atoms with Gasteiger partial charge in [-0.25, -0.2) is 0 Å². The number of rotatable bonds is 13. The smallest absolute Gasteiger partial charge is 0.387 e. The van der Waals surface area contributed by atoms with Crippen molar-refractivity contribution in [3.05, 3.63) is 65.2 Å². The maximum absolute atomic E-state index is 12.3. The molecule has 2 aromatic carbocycles. The molecule has 1 aliphatic rings. The Morgan fingerprint density at radius 1 is 0.750 bits per heavy atom. The normalized spacial score (nSPS) is 18.8. The van der Waals surface area contributed by atoms with Crippen LogP contribution >= 0.6 is 0 Å². The minimum Gasteiger partial charge on any atom is -0.435 e. The van der Waals surface area contributed by atoms with Gasteiger partial charge in [0.1, 0.15) is 5.75 Å². The summed E-state index contributed by atoms with van der Waals surface area (Å²) in [6.45, 7) is -0.487. The molecule has 0 atom stereocenters. The van der Waals surface area contributed by atoms with Crippen LogP contribution in [0.4, 0.5) is 8.78 Å². The molecule has 176 valence electrons. The Kier molecular flexibility index (Phi) is 10.5. The van der Waals surface area contributed by atoms with E-state index in [1.807, 2.05) is 12.1 Å². The lowest BCUT2D eigenvalue weighted by atomic mass is 9.77. The Hall–Kier alpha value is -1.90. The maximum Gasteiger partial charge on any atom is 0.387 e. The van der Waals surface area contributed by atoms with Crippen molar-refractivity contribution in [1.82, 2.24) is 0 Å². The third-order valence-electron chi connectivity index (χ3n) is 7.11. The van der Waals surface area contributed by atoms with E-state index in [9.17, 15) is 8.78 Å². The zero-order chi connectivity index (χ0) is 22.6. The van der Waals surface area contributed by atoms with Crippen LogP contribution in [0.25, 0.3) is 0 Å². The van der Waals surface area contributed by atoms with Crippen molar-refractivity contribution < 1.29 is 13.5 Å². The fourth-order valence-electron chi connectivity index (χ4n) is 5.08. The summed E-state index contributed by atoms with van der Waals surface area (Å²) < 4.78 is 28.9. The first-order valence-electron chi connectivity index (χ1n) is 12.8. The molecule has 3 heteroatoms. The van der Waals surface area contributed by atoms with Gasteiger partial charge in [0, 0.05) is 0 Å². The summed E-state index contributed by atoms with van der Waals surface area (Å²) in [5.41, 5.74) is 3.97. The van der Waals surface area contributed by atoms with Gasteiger partial charge in [0.15, 0.2) is 0 Å². The molecule has 1 saturated carbocycles. The lowest BCUT2D eigenvalue weighted by Gasteiger charge is -2.29. The largest absolute Gasteiger partial charge is 0.435 e. The van der Waals surface area contributed by atoms with E-state index in [0.717, 1.165) is 30.2 Å². The fourth-order valence-corrected chi connectivity index (χ4v) is 5.08. The van der Waals surface area contributed by atoms with E-state index >= 15 is 0 Å². The van der Waals surface area contributed by atoms with Gasteiger partial charge in [-0.05, 0) is 79.2 Å². The standard InChI is InChI=1S/C29H40F2O/c1-2-3-4-5-6-7-8-23-11-17-26(18-12-23)27-19-13-24(14-20-27)9-10-25-15-21-28(22-16-25)32-29(30)31/h13-16,19-23,26,29H,2-12,17-18H2,1H3. The minimum absolute atomic E-state index is 0.217. The maximum atomic E-state index is 12.3. The molecule has 0 spiro atoms. The molecular weight excluding hydrogens is 402 g/mol. The molecule has 1 fully saturated rings. The van der Waals surface area contributed by atoms with Crippen LogP contribution in [-0.2, 0) is 12.8 Å². The van der Waals surface area contributed by atoms with Crippen molar-refractivity contribution >= 4 is 0 Å². The van der Waals surface area contributed by atoms with E-state index in [2.05, 4.69) is 35.9 Å². The molecule has 0 amide bonds. The summed E-state index contributed by atoms with van der Waals surface area (Å²) in [4.78, 5) is 0. The van der Waals surface area contributed by atoms with Gasteiger partial charge in [0.25, 0.3) is 0 Å². The van der Waals surface area contributed by atoms with Gasteiger partial charge in [0.2, 0.25) is 0 Å². The number of unbranched alkanes of at least 4 members (excludes halogenated alkanes) is 5. The van der Waals surface area contributed by atoms with E-state index < -0.39 is 6.61 Å². The summed E-state index contributed by atoms with van der Waals surface area (Å²) >= 11 is 0. The van der Waals surface area contributed by atoms with Crippen molar-refractivity contribution in [2.45, 2.75) is 103 Å². The topological polar surface area (TPSA) is 9.23 Å². The number of aryl methyl sites for hydroxylation is 2. The van der Waals surface area contributed by atoms with E-state index in [1.54, 1.807) is 12.1 Å². The number of hydrogen-bond donors (Lipinski definition) is 0. The van der Waals surface area contributed by atoms with E-state index in [-0.39, 0.29) is 5.75 Å². The highest BCUT2D eigenvalue weighted by atomic mass is 19.3. The quantitative estimate of drug-likeness (QED) is 0.281. The molecule has 0 saturated heterocycles. The molecule has 0 radical (unpaired) electrons. The number of halogens is 2. The molecule has 0 aliphatic heterocycles. The molecule has 1 nitrogen and oxygen atoms in total. The summed E-state index contributed by atoms with van der Waals surface area (Å²) in [6, 6.07) is 16.2. The first kappa shape index (κ1) is 24.7. The highest BCUT2D eigenvalue weighted by molar-refractivity contribution is 5.30. The average Bonchev–Trinajstić information content (AvgIpc) is 2.81. The fraction of sp³-hybridized carbons (Fsp3) is 0.586. The van der Waals surface area contributed by atoms with Crippen LogP contribution in [0.2, 0.25) is 0 Å². The molecule has 0 N–H and O–H groups in total. The molecule has 0 heterocycles. The molecule has 1 aliphatic carbocycles. The van der Waals surface area contributed by atoms with Crippen LogP contribution in [0.1, 0.15) is 100 Å². The number of hydrogen-bond acceptors (Lipinski definition) is 1. The van der Waals surface area contributed by atoms with E-state index in [0.29, 0.717) is 0 Å². The van der Waals surface area contributed by atoms with Gasteiger partial charge in [0.05, 0.1) is 0 Å². The number of benzene rings is 2. The number of ether oxygens (including phenoxy) is 1. The Labute approximate surface area is 193 Å². The Balaban J connectivity index is 1.36. The zero-order valence-electron chi connectivity index (χ0n) is 19.7. The average molecular weight is 443 g/mol. The van der Waals surface area contributed by atoms with E-state index in [4.69, 9.17) is 0 Å². The van der Waals surface area contributed by atoms with Gasteiger partial charge in [-0.1, -0.05) is 88.3 Å². The highest BCUT2D eigenvalue weighted by Crippen LogP contribution is 2.37. The lowest BCUT2D eigenvalue weighted by molar-refractivity contribution is -0.0498. The monoisotopic (exact) mass is 442 g/mol. The van der Waals surface area contributed by atoms with Gasteiger partial charge >= 0.3 is 6.61 Å². The van der Waals surface area contributed by atoms with Crippen LogP contribution in [-0.4, -0.2) is 6.61 Å². The second-order valence-corrected chi connectivity index (χ2v) is 9.54. The first-order chi connectivity index (χ1) is 15.6. The Bertz CT molecular complexity index is 746. The van der Waals surface area contributed by atoms with E-state index in [1.165, 1.54) is 81.8 Å². The van der Waals surface area contributed by atoms with Gasteiger partial charge < -0.3 is 4.74 Å². The summed E-state index contributed by atoms with van der Waals surface area (Å²) in [6.07, 6.45) is 17.2. The molecule has 2 aromatic rings. The van der Waals surface area contributed by atoms with Crippen molar-refractivity contribution in [1.29, 1.82) is 0 Å². The molecule has 0 bridgehead atoms. The molecular formula is C29H40F2O. The second-order valence-electron chi connectivity index (χ2n) is 9.54. The summed E-state index contributed by atoms with van der Waals surface area (Å²) in [5, 5.41) is 0. The Morgan fingerprint density at radius 2 is 1.31 bits per heavy atom. The lowest BCUT2D eigenvalue weighted by Crippen LogP contribution is -2.13. The number of alkyl halides is 2. The van der Waals surface area contributed by atoms with Crippen LogP contribution in [0, 0.1) is 5.92 Å². The summed E-state index contributed by atoms with van der Waals surface area (Å²) in [5.74, 6) is 1.90. The van der Waals surface area contributed by atoms with Crippen molar-refractivity contribution in [2.24, 2.45) is 5.92 Å². The van der Waals surface area contributed by atoms with Gasteiger partial charge in [-0.3, -0.25) is 0 Å².